The minimum Gasteiger partial charge on any atom is -0.496 e. The van der Waals surface area contributed by atoms with Gasteiger partial charge in [0.05, 0.1) is 13.2 Å². The van der Waals surface area contributed by atoms with E-state index >= 15 is 0 Å². The van der Waals surface area contributed by atoms with Crippen molar-refractivity contribution >= 4 is 5.91 Å². The highest BCUT2D eigenvalue weighted by molar-refractivity contribution is 5.95. The number of rotatable bonds is 9. The van der Waals surface area contributed by atoms with Crippen molar-refractivity contribution in [2.75, 3.05) is 27.7 Å². The Kier molecular flexibility index (Phi) is 7.46. The van der Waals surface area contributed by atoms with Gasteiger partial charge in [-0.05, 0) is 38.4 Å². The molecule has 0 heterocycles. The molecule has 0 bridgehead atoms. The van der Waals surface area contributed by atoms with Crippen LogP contribution in [-0.4, -0.2) is 38.6 Å². The fourth-order valence-corrected chi connectivity index (χ4v) is 3.34. The number of ether oxygens (including phenoxy) is 2. The highest BCUT2D eigenvalue weighted by atomic mass is 16.5. The number of amides is 1. The number of benzene rings is 3. The van der Waals surface area contributed by atoms with Crippen LogP contribution in [0.4, 0.5) is 0 Å². The summed E-state index contributed by atoms with van der Waals surface area (Å²) in [6, 6.07) is 25.0. The van der Waals surface area contributed by atoms with Crippen LogP contribution in [0.2, 0.25) is 0 Å². The largest absolute Gasteiger partial charge is 0.496 e. The van der Waals surface area contributed by atoms with Crippen LogP contribution in [0.3, 0.4) is 0 Å². The van der Waals surface area contributed by atoms with E-state index in [9.17, 15) is 4.79 Å². The van der Waals surface area contributed by atoms with Gasteiger partial charge in [0.1, 0.15) is 18.1 Å². The summed E-state index contributed by atoms with van der Waals surface area (Å²) >= 11 is 0. The third-order valence-electron chi connectivity index (χ3n) is 4.98. The standard InChI is InChI=1S/C25H28N2O3/c1-27(2)23(22-15-9-10-16-24(22)29-3)17-26-25(28)21-14-8-7-11-19(21)18-30-20-12-5-4-6-13-20/h4-16,23H,17-18H2,1-3H3,(H,26,28). The zero-order valence-corrected chi connectivity index (χ0v) is 17.7. The van der Waals surface area contributed by atoms with Crippen molar-refractivity contribution in [3.8, 4) is 11.5 Å². The van der Waals surface area contributed by atoms with Crippen LogP contribution in [0, 0.1) is 0 Å². The molecule has 0 aliphatic carbocycles. The number of carbonyl (C=O) groups excluding carboxylic acids is 1. The first-order valence-electron chi connectivity index (χ1n) is 9.93. The van der Waals surface area contributed by atoms with E-state index in [4.69, 9.17) is 9.47 Å². The molecular formula is C25H28N2O3. The Morgan fingerprint density at radius 2 is 1.60 bits per heavy atom. The third-order valence-corrected chi connectivity index (χ3v) is 4.98. The van der Waals surface area contributed by atoms with Gasteiger partial charge in [-0.25, -0.2) is 0 Å². The van der Waals surface area contributed by atoms with Gasteiger partial charge in [0.25, 0.3) is 5.91 Å². The summed E-state index contributed by atoms with van der Waals surface area (Å²) in [5, 5.41) is 3.08. The molecular weight excluding hydrogens is 376 g/mol. The maximum atomic E-state index is 13.0. The highest BCUT2D eigenvalue weighted by Crippen LogP contribution is 2.27. The Hall–Kier alpha value is -3.31. The van der Waals surface area contributed by atoms with Gasteiger partial charge in [0.15, 0.2) is 0 Å². The minimum atomic E-state index is -0.121. The van der Waals surface area contributed by atoms with E-state index in [1.54, 1.807) is 7.11 Å². The second-order valence-electron chi connectivity index (χ2n) is 7.19. The zero-order valence-electron chi connectivity index (χ0n) is 17.7. The molecule has 1 N–H and O–H groups in total. The molecule has 1 unspecified atom stereocenters. The molecule has 0 aliphatic rings. The maximum Gasteiger partial charge on any atom is 0.251 e. The van der Waals surface area contributed by atoms with E-state index in [0.717, 1.165) is 22.6 Å². The predicted octanol–water partition coefficient (Wildman–Crippen LogP) is 4.31. The molecule has 1 atom stereocenters. The van der Waals surface area contributed by atoms with E-state index in [-0.39, 0.29) is 11.9 Å². The lowest BCUT2D eigenvalue weighted by atomic mass is 10.0. The number of nitrogens with one attached hydrogen (secondary N) is 1. The van der Waals surface area contributed by atoms with Gasteiger partial charge in [-0.1, -0.05) is 54.6 Å². The molecule has 0 radical (unpaired) electrons. The van der Waals surface area contributed by atoms with Gasteiger partial charge in [-0.3, -0.25) is 4.79 Å². The lowest BCUT2D eigenvalue weighted by Gasteiger charge is -2.26. The molecule has 0 aliphatic heterocycles. The summed E-state index contributed by atoms with van der Waals surface area (Å²) in [4.78, 5) is 15.0. The van der Waals surface area contributed by atoms with Gasteiger partial charge >= 0.3 is 0 Å². The Balaban J connectivity index is 1.71. The topological polar surface area (TPSA) is 50.8 Å². The number of likely N-dealkylation sites (N-methyl/N-ethyl adjacent to an activating group) is 1. The second kappa shape index (κ2) is 10.5. The minimum absolute atomic E-state index is 0.0159. The first-order chi connectivity index (χ1) is 14.6. The number of methoxy groups -OCH3 is 1. The molecule has 3 aromatic carbocycles. The van der Waals surface area contributed by atoms with Crippen molar-refractivity contribution in [3.05, 3.63) is 95.6 Å². The molecule has 5 nitrogen and oxygen atoms in total. The van der Waals surface area contributed by atoms with Gasteiger partial charge in [0, 0.05) is 23.2 Å². The zero-order chi connectivity index (χ0) is 21.3. The number of para-hydroxylation sites is 2. The molecule has 3 rings (SSSR count). The fourth-order valence-electron chi connectivity index (χ4n) is 3.34. The lowest BCUT2D eigenvalue weighted by molar-refractivity contribution is 0.0939. The second-order valence-corrected chi connectivity index (χ2v) is 7.19. The quantitative estimate of drug-likeness (QED) is 0.578. The Morgan fingerprint density at radius 3 is 2.33 bits per heavy atom. The third kappa shape index (κ3) is 5.39. The van der Waals surface area contributed by atoms with E-state index in [2.05, 4.69) is 10.2 Å². The SMILES string of the molecule is COc1ccccc1C(CNC(=O)c1ccccc1COc1ccccc1)N(C)C. The smallest absolute Gasteiger partial charge is 0.251 e. The van der Waals surface area contributed by atoms with Crippen molar-refractivity contribution in [3.63, 3.8) is 0 Å². The monoisotopic (exact) mass is 404 g/mol. The molecule has 0 aromatic heterocycles. The van der Waals surface area contributed by atoms with Crippen LogP contribution >= 0.6 is 0 Å². The summed E-state index contributed by atoms with van der Waals surface area (Å²) in [7, 11) is 5.64. The first-order valence-corrected chi connectivity index (χ1v) is 9.93. The molecule has 5 heteroatoms. The van der Waals surface area contributed by atoms with E-state index in [1.807, 2.05) is 93.0 Å². The van der Waals surface area contributed by atoms with Crippen LogP contribution in [0.1, 0.15) is 27.5 Å². The van der Waals surface area contributed by atoms with Crippen LogP contribution in [0.15, 0.2) is 78.9 Å². The summed E-state index contributed by atoms with van der Waals surface area (Å²) in [6.45, 7) is 0.789. The molecule has 30 heavy (non-hydrogen) atoms. The molecule has 0 spiro atoms. The van der Waals surface area contributed by atoms with Crippen LogP contribution < -0.4 is 14.8 Å². The van der Waals surface area contributed by atoms with Crippen molar-refractivity contribution in [1.82, 2.24) is 10.2 Å². The van der Waals surface area contributed by atoms with E-state index in [1.165, 1.54) is 0 Å². The number of hydrogen-bond acceptors (Lipinski definition) is 4. The lowest BCUT2D eigenvalue weighted by Crippen LogP contribution is -2.35. The average Bonchev–Trinajstić information content (AvgIpc) is 2.78. The molecule has 156 valence electrons. The van der Waals surface area contributed by atoms with Crippen molar-refractivity contribution < 1.29 is 14.3 Å². The van der Waals surface area contributed by atoms with E-state index in [0.29, 0.717) is 18.7 Å². The summed E-state index contributed by atoms with van der Waals surface area (Å²) < 4.78 is 11.3. The highest BCUT2D eigenvalue weighted by Gasteiger charge is 2.20. The first kappa shape index (κ1) is 21.4. The van der Waals surface area contributed by atoms with Gasteiger partial charge in [0.2, 0.25) is 0 Å². The van der Waals surface area contributed by atoms with Gasteiger partial charge in [-0.15, -0.1) is 0 Å². The average molecular weight is 405 g/mol. The summed E-state index contributed by atoms with van der Waals surface area (Å²) in [5.41, 5.74) is 2.49. The predicted molar refractivity (Wildman–Crippen MR) is 119 cm³/mol. The van der Waals surface area contributed by atoms with Crippen molar-refractivity contribution in [2.24, 2.45) is 0 Å². The molecule has 0 saturated carbocycles. The number of nitrogens with zero attached hydrogens (tertiary/aromatic N) is 1. The maximum absolute atomic E-state index is 13.0. The summed E-state index contributed by atoms with van der Waals surface area (Å²) in [5.74, 6) is 1.46. The molecule has 3 aromatic rings. The number of hydrogen-bond donors (Lipinski definition) is 1. The van der Waals surface area contributed by atoms with E-state index < -0.39 is 0 Å². The molecule has 1 amide bonds. The van der Waals surface area contributed by atoms with Crippen molar-refractivity contribution in [1.29, 1.82) is 0 Å². The van der Waals surface area contributed by atoms with Crippen LogP contribution in [0.5, 0.6) is 11.5 Å². The Bertz CT molecular complexity index is 957. The van der Waals surface area contributed by atoms with Crippen LogP contribution in [0.25, 0.3) is 0 Å². The Labute approximate surface area is 178 Å². The van der Waals surface area contributed by atoms with Gasteiger partial charge in [-0.2, -0.15) is 0 Å². The van der Waals surface area contributed by atoms with Crippen molar-refractivity contribution in [2.45, 2.75) is 12.6 Å². The van der Waals surface area contributed by atoms with Crippen LogP contribution in [-0.2, 0) is 6.61 Å². The molecule has 0 saturated heterocycles. The summed E-state index contributed by atoms with van der Waals surface area (Å²) in [6.07, 6.45) is 0. The fraction of sp³-hybridized carbons (Fsp3) is 0.240. The molecule has 0 fully saturated rings. The Morgan fingerprint density at radius 1 is 0.933 bits per heavy atom. The number of carbonyl (C=O) groups is 1. The normalized spacial score (nSPS) is 11.7. The van der Waals surface area contributed by atoms with Gasteiger partial charge < -0.3 is 19.7 Å².